The number of carbonyl (C=O) groups excluding carboxylic acids is 2. The Morgan fingerprint density at radius 2 is 1.71 bits per heavy atom. The van der Waals surface area contributed by atoms with Gasteiger partial charge >= 0.3 is 6.09 Å². The van der Waals surface area contributed by atoms with Gasteiger partial charge in [-0.2, -0.15) is 0 Å². The number of nitrogens with zero attached hydrogens (tertiary/aromatic N) is 2. The van der Waals surface area contributed by atoms with Crippen molar-refractivity contribution >= 4 is 12.4 Å². The number of aldehydes is 1. The molecule has 1 aromatic heterocycles. The predicted molar refractivity (Wildman–Crippen MR) is 143 cm³/mol. The molecule has 2 heterocycles. The SMILES string of the molecule is Cc1oc(-c2ccccc2)nc1CCOc1ccc([C@@H]2CC[C@@H](C=O)N2C(=O)OCc2ccccc2)cc1. The number of hydrogen-bond acceptors (Lipinski definition) is 6. The number of rotatable bonds is 9. The molecule has 2 atom stereocenters. The molecule has 3 aromatic carbocycles. The Labute approximate surface area is 222 Å². The third-order valence-electron chi connectivity index (χ3n) is 6.79. The van der Waals surface area contributed by atoms with E-state index >= 15 is 0 Å². The fourth-order valence-electron chi connectivity index (χ4n) is 4.77. The number of aryl methyl sites for hydroxylation is 1. The van der Waals surface area contributed by atoms with Crippen molar-refractivity contribution in [1.29, 1.82) is 0 Å². The quantitative estimate of drug-likeness (QED) is 0.245. The summed E-state index contributed by atoms with van der Waals surface area (Å²) < 4.78 is 17.3. The maximum atomic E-state index is 12.9. The van der Waals surface area contributed by atoms with Gasteiger partial charge in [-0.25, -0.2) is 9.78 Å². The third kappa shape index (κ3) is 5.78. The summed E-state index contributed by atoms with van der Waals surface area (Å²) in [6.45, 7) is 2.53. The van der Waals surface area contributed by atoms with Crippen LogP contribution in [0.1, 0.15) is 41.5 Å². The summed E-state index contributed by atoms with van der Waals surface area (Å²) in [6, 6.07) is 26.3. The van der Waals surface area contributed by atoms with Crippen LogP contribution < -0.4 is 4.74 Å². The first kappa shape index (κ1) is 25.3. The molecule has 0 bridgehead atoms. The van der Waals surface area contributed by atoms with Crippen LogP contribution in [-0.4, -0.2) is 34.9 Å². The van der Waals surface area contributed by atoms with Crippen molar-refractivity contribution in [3.05, 3.63) is 108 Å². The lowest BCUT2D eigenvalue weighted by Crippen LogP contribution is -2.38. The maximum absolute atomic E-state index is 12.9. The zero-order valence-corrected chi connectivity index (χ0v) is 21.3. The van der Waals surface area contributed by atoms with Crippen LogP contribution in [0.4, 0.5) is 4.79 Å². The number of hydrogen-bond donors (Lipinski definition) is 0. The number of carbonyl (C=O) groups is 2. The standard InChI is InChI=1S/C31H30N2O5/c1-22-28(32-30(38-22)25-10-6-3-7-11-25)18-19-36-27-15-12-24(13-16-27)29-17-14-26(20-34)33(29)31(35)37-21-23-8-4-2-5-9-23/h2-13,15-16,20,26,29H,14,17-19,21H2,1H3/t26-,29-/m0/s1. The van der Waals surface area contributed by atoms with E-state index < -0.39 is 12.1 Å². The highest BCUT2D eigenvalue weighted by Crippen LogP contribution is 2.36. The molecule has 1 amide bonds. The molecule has 0 unspecified atom stereocenters. The lowest BCUT2D eigenvalue weighted by Gasteiger charge is -2.27. The largest absolute Gasteiger partial charge is 0.493 e. The van der Waals surface area contributed by atoms with E-state index in [2.05, 4.69) is 4.98 Å². The number of aromatic nitrogens is 1. The van der Waals surface area contributed by atoms with Crippen LogP contribution in [0, 0.1) is 6.92 Å². The van der Waals surface area contributed by atoms with Crippen molar-refractivity contribution in [1.82, 2.24) is 9.88 Å². The predicted octanol–water partition coefficient (Wildman–Crippen LogP) is 6.31. The summed E-state index contributed by atoms with van der Waals surface area (Å²) in [7, 11) is 0. The molecule has 1 aliphatic heterocycles. The summed E-state index contributed by atoms with van der Waals surface area (Å²) in [6.07, 6.45) is 2.27. The minimum atomic E-state index is -0.495. The molecule has 1 saturated heterocycles. The van der Waals surface area contributed by atoms with Crippen LogP contribution >= 0.6 is 0 Å². The Morgan fingerprint density at radius 1 is 1.00 bits per heavy atom. The average molecular weight is 511 g/mol. The summed E-state index contributed by atoms with van der Waals surface area (Å²) in [4.78, 5) is 30.8. The summed E-state index contributed by atoms with van der Waals surface area (Å²) in [5.41, 5.74) is 3.66. The lowest BCUT2D eigenvalue weighted by molar-refractivity contribution is -0.111. The Morgan fingerprint density at radius 3 is 2.42 bits per heavy atom. The van der Waals surface area contributed by atoms with Gasteiger partial charge in [0.1, 0.15) is 24.4 Å². The molecule has 0 radical (unpaired) electrons. The fourth-order valence-corrected chi connectivity index (χ4v) is 4.77. The monoisotopic (exact) mass is 510 g/mol. The Balaban J connectivity index is 1.18. The maximum Gasteiger partial charge on any atom is 0.411 e. The van der Waals surface area contributed by atoms with Crippen LogP contribution in [0.15, 0.2) is 89.3 Å². The second-order valence-electron chi connectivity index (χ2n) is 9.30. The number of likely N-dealkylation sites (tertiary alicyclic amines) is 1. The second kappa shape index (κ2) is 11.8. The van der Waals surface area contributed by atoms with E-state index in [0.29, 0.717) is 31.8 Å². The molecule has 38 heavy (non-hydrogen) atoms. The molecule has 0 saturated carbocycles. The van der Waals surface area contributed by atoms with Gasteiger partial charge in [-0.15, -0.1) is 0 Å². The molecular weight excluding hydrogens is 480 g/mol. The fraction of sp³-hybridized carbons (Fsp3) is 0.258. The van der Waals surface area contributed by atoms with Crippen molar-refractivity contribution in [2.45, 2.75) is 44.9 Å². The minimum Gasteiger partial charge on any atom is -0.493 e. The van der Waals surface area contributed by atoms with Gasteiger partial charge in [0.2, 0.25) is 5.89 Å². The zero-order chi connectivity index (χ0) is 26.3. The summed E-state index contributed by atoms with van der Waals surface area (Å²) in [5.74, 6) is 2.12. The first-order valence-corrected chi connectivity index (χ1v) is 12.8. The molecule has 4 aromatic rings. The Bertz CT molecular complexity index is 1350. The van der Waals surface area contributed by atoms with E-state index in [9.17, 15) is 9.59 Å². The van der Waals surface area contributed by atoms with Crippen LogP contribution in [0.3, 0.4) is 0 Å². The molecule has 194 valence electrons. The molecule has 0 N–H and O–H groups in total. The Kier molecular flexibility index (Phi) is 7.83. The van der Waals surface area contributed by atoms with Crippen LogP contribution in [0.2, 0.25) is 0 Å². The van der Waals surface area contributed by atoms with Crippen molar-refractivity contribution in [3.63, 3.8) is 0 Å². The van der Waals surface area contributed by atoms with Crippen molar-refractivity contribution in [2.24, 2.45) is 0 Å². The normalized spacial score (nSPS) is 16.8. The van der Waals surface area contributed by atoms with Crippen LogP contribution in [0.25, 0.3) is 11.5 Å². The highest BCUT2D eigenvalue weighted by atomic mass is 16.6. The van der Waals surface area contributed by atoms with Gasteiger partial charge in [-0.05, 0) is 55.2 Å². The van der Waals surface area contributed by atoms with E-state index in [4.69, 9.17) is 13.9 Å². The van der Waals surface area contributed by atoms with E-state index in [1.807, 2.05) is 91.9 Å². The first-order valence-electron chi connectivity index (χ1n) is 12.8. The van der Waals surface area contributed by atoms with E-state index in [-0.39, 0.29) is 12.6 Å². The molecular formula is C31H30N2O5. The number of ether oxygens (including phenoxy) is 2. The molecule has 0 aliphatic carbocycles. The smallest absolute Gasteiger partial charge is 0.411 e. The molecule has 0 spiro atoms. The molecule has 7 nitrogen and oxygen atoms in total. The topological polar surface area (TPSA) is 81.9 Å². The van der Waals surface area contributed by atoms with Gasteiger partial charge in [-0.1, -0.05) is 60.7 Å². The molecule has 5 rings (SSSR count). The number of amides is 1. The van der Waals surface area contributed by atoms with Gasteiger partial charge in [0.15, 0.2) is 0 Å². The average Bonchev–Trinajstić information content (AvgIpc) is 3.57. The van der Waals surface area contributed by atoms with Crippen molar-refractivity contribution < 1.29 is 23.5 Å². The zero-order valence-electron chi connectivity index (χ0n) is 21.3. The minimum absolute atomic E-state index is 0.166. The van der Waals surface area contributed by atoms with E-state index in [1.54, 1.807) is 4.90 Å². The highest BCUT2D eigenvalue weighted by Gasteiger charge is 2.38. The van der Waals surface area contributed by atoms with Crippen LogP contribution in [-0.2, 0) is 22.6 Å². The van der Waals surface area contributed by atoms with Gasteiger partial charge in [0.05, 0.1) is 24.4 Å². The van der Waals surface area contributed by atoms with E-state index in [1.165, 1.54) is 0 Å². The number of oxazole rings is 1. The van der Waals surface area contributed by atoms with Gasteiger partial charge in [-0.3, -0.25) is 4.90 Å². The lowest BCUT2D eigenvalue weighted by atomic mass is 10.0. The van der Waals surface area contributed by atoms with Gasteiger partial charge < -0.3 is 18.7 Å². The Hall–Kier alpha value is -4.39. The van der Waals surface area contributed by atoms with Gasteiger partial charge in [0.25, 0.3) is 0 Å². The van der Waals surface area contributed by atoms with Crippen molar-refractivity contribution in [3.8, 4) is 17.2 Å². The van der Waals surface area contributed by atoms with E-state index in [0.717, 1.165) is 40.2 Å². The number of benzene rings is 3. The second-order valence-corrected chi connectivity index (χ2v) is 9.30. The third-order valence-corrected chi connectivity index (χ3v) is 6.79. The molecule has 1 fully saturated rings. The van der Waals surface area contributed by atoms with Crippen LogP contribution in [0.5, 0.6) is 5.75 Å². The van der Waals surface area contributed by atoms with Crippen molar-refractivity contribution in [2.75, 3.05) is 6.61 Å². The van der Waals surface area contributed by atoms with Gasteiger partial charge in [0, 0.05) is 12.0 Å². The molecule has 7 heteroatoms. The first-order chi connectivity index (χ1) is 18.6. The highest BCUT2D eigenvalue weighted by molar-refractivity contribution is 5.75. The molecule has 1 aliphatic rings. The summed E-state index contributed by atoms with van der Waals surface area (Å²) >= 11 is 0. The summed E-state index contributed by atoms with van der Waals surface area (Å²) in [5, 5.41) is 0.